The number of hydrogen-bond acceptors (Lipinski definition) is 4. The minimum atomic E-state index is -0.737. The van der Waals surface area contributed by atoms with Gasteiger partial charge in [-0.15, -0.1) is 0 Å². The predicted molar refractivity (Wildman–Crippen MR) is 98.8 cm³/mol. The molecule has 0 aromatic carbocycles. The van der Waals surface area contributed by atoms with Gasteiger partial charge in [0.05, 0.1) is 18.3 Å². The Morgan fingerprint density at radius 3 is 2.62 bits per heavy atom. The van der Waals surface area contributed by atoms with E-state index in [9.17, 15) is 9.90 Å². The molecule has 26 heavy (non-hydrogen) atoms. The molecule has 3 heterocycles. The van der Waals surface area contributed by atoms with E-state index in [0.29, 0.717) is 18.3 Å². The van der Waals surface area contributed by atoms with Gasteiger partial charge in [0.25, 0.3) is 0 Å². The lowest BCUT2D eigenvalue weighted by Gasteiger charge is -2.22. The predicted octanol–water partition coefficient (Wildman–Crippen LogP) is 3.47. The zero-order valence-corrected chi connectivity index (χ0v) is 15.6. The van der Waals surface area contributed by atoms with Crippen LogP contribution in [0.5, 0.6) is 0 Å². The van der Waals surface area contributed by atoms with Crippen LogP contribution in [0, 0.1) is 11.8 Å². The number of aliphatic hydroxyl groups excluding tert-OH is 1. The molecule has 0 aliphatic carbocycles. The molecule has 5 heteroatoms. The van der Waals surface area contributed by atoms with Gasteiger partial charge in [-0.05, 0) is 25.7 Å². The maximum Gasteiger partial charge on any atom is 0.303 e. The average molecular weight is 364 g/mol. The number of carboxylic acids is 1. The van der Waals surface area contributed by atoms with Crippen LogP contribution in [0.25, 0.3) is 0 Å². The number of carboxylic acid groups (broad SMARTS) is 1. The Labute approximate surface area is 156 Å². The van der Waals surface area contributed by atoms with Crippen LogP contribution in [0.1, 0.15) is 58.3 Å². The molecule has 7 atom stereocenters. The molecule has 0 aromatic heterocycles. The SMILES string of the molecule is CCCCCC(O)C=CC1C(CC=CCCCC(=O)O)C2OC1C1OC21. The lowest BCUT2D eigenvalue weighted by atomic mass is 9.77. The highest BCUT2D eigenvalue weighted by Gasteiger charge is 2.68. The van der Waals surface area contributed by atoms with Crippen molar-refractivity contribution in [3.63, 3.8) is 0 Å². The first-order valence-electron chi connectivity index (χ1n) is 10.2. The third-order valence-corrected chi connectivity index (χ3v) is 5.81. The van der Waals surface area contributed by atoms with Crippen molar-refractivity contribution in [1.82, 2.24) is 0 Å². The third kappa shape index (κ3) is 4.76. The Bertz CT molecular complexity index is 528. The molecular weight excluding hydrogens is 332 g/mol. The fraction of sp³-hybridized carbons (Fsp3) is 0.762. The van der Waals surface area contributed by atoms with Crippen molar-refractivity contribution in [1.29, 1.82) is 0 Å². The molecule has 0 aromatic rings. The van der Waals surface area contributed by atoms with Gasteiger partial charge in [0.15, 0.2) is 0 Å². The van der Waals surface area contributed by atoms with Crippen molar-refractivity contribution >= 4 is 5.97 Å². The molecule has 3 saturated heterocycles. The van der Waals surface area contributed by atoms with Gasteiger partial charge in [-0.3, -0.25) is 4.79 Å². The number of unbranched alkanes of at least 4 members (excludes halogenated alkanes) is 3. The van der Waals surface area contributed by atoms with Crippen LogP contribution in [0.4, 0.5) is 0 Å². The van der Waals surface area contributed by atoms with E-state index >= 15 is 0 Å². The van der Waals surface area contributed by atoms with Crippen molar-refractivity contribution in [3.05, 3.63) is 24.3 Å². The summed E-state index contributed by atoms with van der Waals surface area (Å²) >= 11 is 0. The summed E-state index contributed by atoms with van der Waals surface area (Å²) in [5.41, 5.74) is 0. The molecule has 0 amide bonds. The molecule has 0 saturated carbocycles. The van der Waals surface area contributed by atoms with Crippen molar-refractivity contribution in [2.75, 3.05) is 0 Å². The van der Waals surface area contributed by atoms with Crippen LogP contribution in [0.15, 0.2) is 24.3 Å². The lowest BCUT2D eigenvalue weighted by molar-refractivity contribution is -0.137. The summed E-state index contributed by atoms with van der Waals surface area (Å²) in [5, 5.41) is 18.8. The summed E-state index contributed by atoms with van der Waals surface area (Å²) < 4.78 is 11.9. The van der Waals surface area contributed by atoms with Gasteiger partial charge in [0.1, 0.15) is 12.2 Å². The maximum absolute atomic E-state index is 10.5. The molecular formula is C21H32O5. The summed E-state index contributed by atoms with van der Waals surface area (Å²) in [6.45, 7) is 2.17. The van der Waals surface area contributed by atoms with E-state index in [1.165, 1.54) is 0 Å². The van der Waals surface area contributed by atoms with Crippen molar-refractivity contribution in [3.8, 4) is 0 Å². The van der Waals surface area contributed by atoms with E-state index in [4.69, 9.17) is 14.6 Å². The zero-order valence-electron chi connectivity index (χ0n) is 15.6. The Morgan fingerprint density at radius 2 is 1.85 bits per heavy atom. The van der Waals surface area contributed by atoms with Crippen LogP contribution >= 0.6 is 0 Å². The number of aliphatic carboxylic acids is 1. The zero-order chi connectivity index (χ0) is 18.5. The largest absolute Gasteiger partial charge is 0.481 e. The third-order valence-electron chi connectivity index (χ3n) is 5.81. The summed E-state index contributed by atoms with van der Waals surface area (Å²) in [6, 6.07) is 0. The molecule has 3 fully saturated rings. The monoisotopic (exact) mass is 364 g/mol. The molecule has 0 radical (unpaired) electrons. The van der Waals surface area contributed by atoms with Gasteiger partial charge in [0.2, 0.25) is 0 Å². The van der Waals surface area contributed by atoms with Crippen LogP contribution in [-0.4, -0.2) is 46.7 Å². The van der Waals surface area contributed by atoms with Crippen molar-refractivity contribution < 1.29 is 24.5 Å². The Hall–Kier alpha value is -1.17. The molecule has 3 aliphatic rings. The number of epoxide rings is 1. The van der Waals surface area contributed by atoms with Crippen LogP contribution < -0.4 is 0 Å². The molecule has 146 valence electrons. The van der Waals surface area contributed by atoms with E-state index in [1.54, 1.807) is 0 Å². The average Bonchev–Trinajstić information content (AvgIpc) is 3.23. The Kier molecular flexibility index (Phi) is 6.90. The number of aliphatic hydroxyl groups is 1. The highest BCUT2D eigenvalue weighted by Crippen LogP contribution is 2.55. The Balaban J connectivity index is 1.49. The van der Waals surface area contributed by atoms with E-state index in [0.717, 1.165) is 38.5 Å². The van der Waals surface area contributed by atoms with E-state index < -0.39 is 5.97 Å². The first kappa shape index (κ1) is 19.6. The maximum atomic E-state index is 10.5. The molecule has 2 N–H and O–H groups in total. The second-order valence-corrected chi connectivity index (χ2v) is 7.81. The summed E-state index contributed by atoms with van der Waals surface area (Å²) in [6.07, 6.45) is 15.6. The number of hydrogen-bond donors (Lipinski definition) is 2. The van der Waals surface area contributed by atoms with Gasteiger partial charge in [0, 0.05) is 18.3 Å². The highest BCUT2D eigenvalue weighted by molar-refractivity contribution is 5.66. The molecule has 2 bridgehead atoms. The van der Waals surface area contributed by atoms with Gasteiger partial charge in [-0.25, -0.2) is 0 Å². The molecule has 7 unspecified atom stereocenters. The first-order chi connectivity index (χ1) is 12.6. The van der Waals surface area contributed by atoms with Gasteiger partial charge in [-0.1, -0.05) is 50.5 Å². The van der Waals surface area contributed by atoms with Crippen LogP contribution in [0.3, 0.4) is 0 Å². The second kappa shape index (κ2) is 9.16. The highest BCUT2D eigenvalue weighted by atomic mass is 16.7. The molecule has 3 aliphatic heterocycles. The number of carbonyl (C=O) groups is 1. The van der Waals surface area contributed by atoms with E-state index in [2.05, 4.69) is 25.2 Å². The number of ether oxygens (including phenoxy) is 2. The second-order valence-electron chi connectivity index (χ2n) is 7.81. The molecule has 0 spiro atoms. The minimum absolute atomic E-state index is 0.134. The molecule has 5 nitrogen and oxygen atoms in total. The van der Waals surface area contributed by atoms with Gasteiger partial charge >= 0.3 is 5.97 Å². The van der Waals surface area contributed by atoms with Crippen molar-refractivity contribution in [2.24, 2.45) is 11.8 Å². The normalized spacial score (nSPS) is 36.1. The number of allylic oxidation sites excluding steroid dienone is 2. The topological polar surface area (TPSA) is 79.3 Å². The fourth-order valence-electron chi connectivity index (χ4n) is 4.36. The van der Waals surface area contributed by atoms with Gasteiger partial charge < -0.3 is 19.7 Å². The van der Waals surface area contributed by atoms with Crippen LogP contribution in [-0.2, 0) is 14.3 Å². The van der Waals surface area contributed by atoms with Gasteiger partial charge in [-0.2, -0.15) is 0 Å². The smallest absolute Gasteiger partial charge is 0.303 e. The minimum Gasteiger partial charge on any atom is -0.481 e. The Morgan fingerprint density at radius 1 is 1.08 bits per heavy atom. The number of rotatable bonds is 12. The van der Waals surface area contributed by atoms with E-state index in [-0.39, 0.29) is 36.9 Å². The fourth-order valence-corrected chi connectivity index (χ4v) is 4.36. The lowest BCUT2D eigenvalue weighted by Crippen LogP contribution is -2.31. The summed E-state index contributed by atoms with van der Waals surface area (Å²) in [7, 11) is 0. The summed E-state index contributed by atoms with van der Waals surface area (Å²) in [4.78, 5) is 10.5. The van der Waals surface area contributed by atoms with Crippen LogP contribution in [0.2, 0.25) is 0 Å². The standard InChI is InChI=1S/C21H32O5/c1-2-3-6-9-14(22)12-13-16-15(10-7-4-5-8-11-17(23)24)18-20-21(26-20)19(16)25-18/h4,7,12-16,18-22H,2-3,5-6,8-11H2,1H3,(H,23,24). The number of fused-ring (bicyclic) bond motifs is 5. The summed E-state index contributed by atoms with van der Waals surface area (Å²) in [5.74, 6) is -0.0497. The van der Waals surface area contributed by atoms with Crippen molar-refractivity contribution in [2.45, 2.75) is 88.8 Å². The quantitative estimate of drug-likeness (QED) is 0.315. The van der Waals surface area contributed by atoms with E-state index in [1.807, 2.05) is 6.08 Å². The first-order valence-corrected chi connectivity index (χ1v) is 10.2. The molecule has 3 rings (SSSR count).